The molecule has 0 aliphatic carbocycles. The lowest BCUT2D eigenvalue weighted by atomic mass is 10.0. The molecule has 0 heterocycles. The summed E-state index contributed by atoms with van der Waals surface area (Å²) in [4.78, 5) is 14.8. The Morgan fingerprint density at radius 2 is 1.33 bits per heavy atom. The number of alkyl halides is 2. The average Bonchev–Trinajstić information content (AvgIpc) is 3.01. The highest BCUT2D eigenvalue weighted by Gasteiger charge is 2.56. The fourth-order valence-electron chi connectivity index (χ4n) is 4.85. The van der Waals surface area contributed by atoms with E-state index in [9.17, 15) is 9.36 Å². The Bertz CT molecular complexity index is 1320. The molecule has 0 bridgehead atoms. The SMILES string of the molecule is CCCCCCCCOc1ccc(-c2ccc(C(=O)N(CC)c3ccccc3C(F)(F)P(=O)(OCC)OCC)cc2)cc1. The van der Waals surface area contributed by atoms with Crippen molar-refractivity contribution >= 4 is 19.2 Å². The monoisotopic (exact) mass is 615 g/mol. The molecule has 6 nitrogen and oxygen atoms in total. The molecule has 43 heavy (non-hydrogen) atoms. The molecular formula is C34H44F2NO5P. The number of amides is 1. The van der Waals surface area contributed by atoms with Crippen LogP contribution in [0.4, 0.5) is 14.5 Å². The highest BCUT2D eigenvalue weighted by molar-refractivity contribution is 7.54. The van der Waals surface area contributed by atoms with Gasteiger partial charge in [-0.15, -0.1) is 0 Å². The molecule has 0 radical (unpaired) electrons. The molecule has 0 spiro atoms. The fourth-order valence-corrected chi connectivity index (χ4v) is 6.41. The van der Waals surface area contributed by atoms with Crippen LogP contribution < -0.4 is 9.64 Å². The lowest BCUT2D eigenvalue weighted by Crippen LogP contribution is -2.33. The van der Waals surface area contributed by atoms with Gasteiger partial charge in [-0.3, -0.25) is 9.36 Å². The Labute approximate surface area is 254 Å². The summed E-state index contributed by atoms with van der Waals surface area (Å²) in [6, 6.07) is 20.3. The number of carbonyl (C=O) groups excluding carboxylic acids is 1. The molecule has 0 N–H and O–H groups in total. The van der Waals surface area contributed by atoms with Crippen molar-refractivity contribution in [2.75, 3.05) is 31.3 Å². The van der Waals surface area contributed by atoms with Crippen LogP contribution in [0.15, 0.2) is 72.8 Å². The van der Waals surface area contributed by atoms with Crippen LogP contribution in [0.25, 0.3) is 11.1 Å². The van der Waals surface area contributed by atoms with Crippen molar-refractivity contribution < 1.29 is 31.9 Å². The smallest absolute Gasteiger partial charge is 0.404 e. The summed E-state index contributed by atoms with van der Waals surface area (Å²) in [6.07, 6.45) is 7.26. The normalized spacial score (nSPS) is 11.9. The Hall–Kier alpha value is -3.06. The van der Waals surface area contributed by atoms with Gasteiger partial charge < -0.3 is 18.7 Å². The number of carbonyl (C=O) groups is 1. The van der Waals surface area contributed by atoms with E-state index >= 15 is 8.78 Å². The van der Waals surface area contributed by atoms with E-state index in [1.165, 1.54) is 63.0 Å². The maximum atomic E-state index is 15.8. The van der Waals surface area contributed by atoms with E-state index in [2.05, 4.69) is 6.92 Å². The van der Waals surface area contributed by atoms with E-state index in [4.69, 9.17) is 13.8 Å². The molecule has 0 saturated heterocycles. The molecule has 3 aromatic rings. The van der Waals surface area contributed by atoms with Crippen molar-refractivity contribution in [2.45, 2.75) is 71.9 Å². The molecule has 0 saturated carbocycles. The number of nitrogens with zero attached hydrogens (tertiary/aromatic N) is 1. The van der Waals surface area contributed by atoms with Crippen LogP contribution in [0.3, 0.4) is 0 Å². The number of unbranched alkanes of at least 4 members (excludes halogenated alkanes) is 5. The summed E-state index contributed by atoms with van der Waals surface area (Å²) < 4.78 is 60.5. The lowest BCUT2D eigenvalue weighted by Gasteiger charge is -2.30. The summed E-state index contributed by atoms with van der Waals surface area (Å²) in [7, 11) is -4.86. The van der Waals surface area contributed by atoms with Crippen LogP contribution >= 0.6 is 7.60 Å². The molecule has 0 unspecified atom stereocenters. The van der Waals surface area contributed by atoms with Crippen LogP contribution in [0, 0.1) is 0 Å². The molecule has 0 aliphatic rings. The van der Waals surface area contributed by atoms with Crippen molar-refractivity contribution in [1.82, 2.24) is 0 Å². The standard InChI is InChI=1S/C34H44F2NO5P/c1-5-9-10-11-12-15-26-40-30-24-22-28(23-25-30)27-18-20-29(21-19-27)33(38)37(6-2)32-17-14-13-16-31(32)34(35,36)43(39,41-7-3)42-8-4/h13-14,16-25H,5-12,15,26H2,1-4H3. The minimum atomic E-state index is -4.86. The molecule has 234 valence electrons. The van der Waals surface area contributed by atoms with Gasteiger partial charge in [0.2, 0.25) is 0 Å². The Morgan fingerprint density at radius 1 is 0.767 bits per heavy atom. The average molecular weight is 616 g/mol. The molecule has 0 atom stereocenters. The summed E-state index contributed by atoms with van der Waals surface area (Å²) in [5.41, 5.74) is -2.42. The Balaban J connectivity index is 1.74. The van der Waals surface area contributed by atoms with Gasteiger partial charge in [-0.25, -0.2) is 0 Å². The number of rotatable bonds is 18. The first kappa shape index (κ1) is 34.4. The second kappa shape index (κ2) is 16.7. The third kappa shape index (κ3) is 8.75. The molecule has 0 fully saturated rings. The number of halogens is 2. The largest absolute Gasteiger partial charge is 0.494 e. The van der Waals surface area contributed by atoms with Crippen molar-refractivity contribution in [3.05, 3.63) is 83.9 Å². The first-order chi connectivity index (χ1) is 20.7. The zero-order chi connectivity index (χ0) is 31.3. The van der Waals surface area contributed by atoms with Crippen molar-refractivity contribution in [1.29, 1.82) is 0 Å². The number of ether oxygens (including phenoxy) is 1. The number of benzene rings is 3. The van der Waals surface area contributed by atoms with E-state index in [0.717, 1.165) is 29.4 Å². The van der Waals surface area contributed by atoms with E-state index in [1.54, 1.807) is 25.1 Å². The number of para-hydroxylation sites is 1. The van der Waals surface area contributed by atoms with Crippen LogP contribution in [0.1, 0.15) is 82.1 Å². The molecule has 0 aromatic heterocycles. The third-order valence-electron chi connectivity index (χ3n) is 7.11. The summed E-state index contributed by atoms with van der Waals surface area (Å²) in [5.74, 6) is 0.356. The van der Waals surface area contributed by atoms with Gasteiger partial charge in [0.1, 0.15) is 5.75 Å². The van der Waals surface area contributed by atoms with Crippen molar-refractivity contribution in [2.24, 2.45) is 0 Å². The van der Waals surface area contributed by atoms with E-state index in [1.807, 2.05) is 36.4 Å². The van der Waals surface area contributed by atoms with Gasteiger partial charge in [-0.1, -0.05) is 81.5 Å². The minimum absolute atomic E-state index is 0.0553. The number of hydrogen-bond donors (Lipinski definition) is 0. The summed E-state index contributed by atoms with van der Waals surface area (Å²) in [6.45, 7) is 7.23. The van der Waals surface area contributed by atoms with Gasteiger partial charge >= 0.3 is 13.3 Å². The van der Waals surface area contributed by atoms with E-state index in [-0.39, 0.29) is 25.4 Å². The first-order valence-corrected chi connectivity index (χ1v) is 16.8. The van der Waals surface area contributed by atoms with Crippen molar-refractivity contribution in [3.63, 3.8) is 0 Å². The zero-order valence-corrected chi connectivity index (χ0v) is 26.6. The minimum Gasteiger partial charge on any atom is -0.494 e. The lowest BCUT2D eigenvalue weighted by molar-refractivity contribution is 0.0364. The van der Waals surface area contributed by atoms with Crippen LogP contribution in [0.5, 0.6) is 5.75 Å². The summed E-state index contributed by atoms with van der Waals surface area (Å²) >= 11 is 0. The Kier molecular flexibility index (Phi) is 13.4. The first-order valence-electron chi connectivity index (χ1n) is 15.2. The van der Waals surface area contributed by atoms with E-state index in [0.29, 0.717) is 12.2 Å². The van der Waals surface area contributed by atoms with Gasteiger partial charge in [0.05, 0.1) is 31.1 Å². The van der Waals surface area contributed by atoms with Crippen LogP contribution in [-0.2, 0) is 19.3 Å². The quantitative estimate of drug-likeness (QED) is 0.105. The highest BCUT2D eigenvalue weighted by atomic mass is 31.2. The molecule has 0 aliphatic heterocycles. The molecule has 3 rings (SSSR count). The van der Waals surface area contributed by atoms with Gasteiger partial charge in [-0.05, 0) is 68.7 Å². The van der Waals surface area contributed by atoms with Crippen LogP contribution in [-0.4, -0.2) is 32.3 Å². The number of anilines is 1. The second-order valence-electron chi connectivity index (χ2n) is 10.2. The van der Waals surface area contributed by atoms with Crippen LogP contribution in [0.2, 0.25) is 0 Å². The maximum Gasteiger partial charge on any atom is 0.404 e. The zero-order valence-electron chi connectivity index (χ0n) is 25.7. The van der Waals surface area contributed by atoms with Crippen molar-refractivity contribution in [3.8, 4) is 16.9 Å². The van der Waals surface area contributed by atoms with Gasteiger partial charge in [-0.2, -0.15) is 8.78 Å². The topological polar surface area (TPSA) is 65.1 Å². The third-order valence-corrected chi connectivity index (χ3v) is 9.23. The molecule has 3 aromatic carbocycles. The number of hydrogen-bond acceptors (Lipinski definition) is 5. The van der Waals surface area contributed by atoms with E-state index < -0.39 is 24.7 Å². The maximum absolute atomic E-state index is 15.8. The summed E-state index contributed by atoms with van der Waals surface area (Å²) in [5, 5.41) is 0. The molecular weight excluding hydrogens is 571 g/mol. The second-order valence-corrected chi connectivity index (χ2v) is 12.2. The predicted molar refractivity (Wildman–Crippen MR) is 169 cm³/mol. The highest BCUT2D eigenvalue weighted by Crippen LogP contribution is 2.67. The van der Waals surface area contributed by atoms with Gasteiger partial charge in [0.25, 0.3) is 5.91 Å². The Morgan fingerprint density at radius 3 is 1.91 bits per heavy atom. The van der Waals surface area contributed by atoms with Gasteiger partial charge in [0, 0.05) is 12.1 Å². The molecule has 1 amide bonds. The molecule has 9 heteroatoms. The fraction of sp³-hybridized carbons (Fsp3) is 0.441. The predicted octanol–water partition coefficient (Wildman–Crippen LogP) is 10.1. The van der Waals surface area contributed by atoms with Gasteiger partial charge in [0.15, 0.2) is 0 Å².